The van der Waals surface area contributed by atoms with Gasteiger partial charge in [-0.15, -0.1) is 0 Å². The average Bonchev–Trinajstić information content (AvgIpc) is 2.96. The summed E-state index contributed by atoms with van der Waals surface area (Å²) in [7, 11) is 0. The lowest BCUT2D eigenvalue weighted by molar-refractivity contribution is -0.129. The van der Waals surface area contributed by atoms with Gasteiger partial charge in [-0.1, -0.05) is 60.7 Å². The average molecular weight is 501 g/mol. The van der Waals surface area contributed by atoms with E-state index in [0.717, 1.165) is 31.5 Å². The molecule has 2 saturated heterocycles. The third kappa shape index (κ3) is 6.77. The number of rotatable bonds is 8. The van der Waals surface area contributed by atoms with Gasteiger partial charge in [0.05, 0.1) is 13.2 Å². The largest absolute Gasteiger partial charge is 0.490 e. The van der Waals surface area contributed by atoms with Gasteiger partial charge in [0.1, 0.15) is 18.5 Å². The maximum atomic E-state index is 12.4. The lowest BCUT2D eigenvalue weighted by atomic mass is 9.88. The highest BCUT2D eigenvalue weighted by molar-refractivity contribution is 5.92. The van der Waals surface area contributed by atoms with Crippen molar-refractivity contribution < 1.29 is 19.4 Å². The fourth-order valence-corrected chi connectivity index (χ4v) is 5.25. The molecule has 2 aliphatic rings. The standard InChI is InChI=1S/C31H36N2O4/c34-29(22-32-15-13-25(14-16-32)28-10-9-24-5-1-2-7-27(24)21-28)23-37-30-8-4-3-6-26(30)11-12-31(35)33-17-19-36-20-18-33/h1-12,21,25,29,34H,13-20,22-23H2. The summed E-state index contributed by atoms with van der Waals surface area (Å²) < 4.78 is 11.3. The van der Waals surface area contributed by atoms with E-state index in [1.807, 2.05) is 24.3 Å². The van der Waals surface area contributed by atoms with E-state index < -0.39 is 6.10 Å². The first-order chi connectivity index (χ1) is 18.2. The maximum absolute atomic E-state index is 12.4. The number of hydrogen-bond acceptors (Lipinski definition) is 5. The second-order valence-electron chi connectivity index (χ2n) is 9.96. The molecule has 1 N–H and O–H groups in total. The van der Waals surface area contributed by atoms with Crippen LogP contribution >= 0.6 is 0 Å². The number of piperidine rings is 1. The summed E-state index contributed by atoms with van der Waals surface area (Å²) in [5.74, 6) is 1.21. The fourth-order valence-electron chi connectivity index (χ4n) is 5.25. The van der Waals surface area contributed by atoms with E-state index in [2.05, 4.69) is 47.4 Å². The van der Waals surface area contributed by atoms with Crippen LogP contribution < -0.4 is 4.74 Å². The van der Waals surface area contributed by atoms with E-state index >= 15 is 0 Å². The van der Waals surface area contributed by atoms with Gasteiger partial charge in [-0.25, -0.2) is 0 Å². The zero-order valence-corrected chi connectivity index (χ0v) is 21.3. The SMILES string of the molecule is O=C(C=Cc1ccccc1OCC(O)CN1CCC(c2ccc3ccccc3c2)CC1)N1CCOCC1. The molecule has 0 radical (unpaired) electrons. The van der Waals surface area contributed by atoms with Crippen LogP contribution in [0.25, 0.3) is 16.8 Å². The molecule has 5 rings (SSSR count). The molecule has 1 amide bonds. The van der Waals surface area contributed by atoms with E-state index in [4.69, 9.17) is 9.47 Å². The molecule has 0 spiro atoms. The predicted molar refractivity (Wildman–Crippen MR) is 147 cm³/mol. The van der Waals surface area contributed by atoms with Crippen LogP contribution in [0.1, 0.15) is 29.9 Å². The first kappa shape index (κ1) is 25.5. The minimum absolute atomic E-state index is 0.0229. The number of aliphatic hydroxyl groups is 1. The van der Waals surface area contributed by atoms with E-state index in [9.17, 15) is 9.90 Å². The summed E-state index contributed by atoms with van der Waals surface area (Å²) in [4.78, 5) is 16.6. The molecule has 194 valence electrons. The zero-order valence-electron chi connectivity index (χ0n) is 21.3. The molecular weight excluding hydrogens is 464 g/mol. The number of morpholine rings is 1. The van der Waals surface area contributed by atoms with Crippen molar-refractivity contribution in [1.82, 2.24) is 9.80 Å². The molecular formula is C31H36N2O4. The minimum Gasteiger partial charge on any atom is -0.490 e. The van der Waals surface area contributed by atoms with Crippen molar-refractivity contribution in [3.63, 3.8) is 0 Å². The molecule has 3 aromatic rings. The van der Waals surface area contributed by atoms with Gasteiger partial charge in [0.15, 0.2) is 0 Å². The molecule has 2 aliphatic heterocycles. The van der Waals surface area contributed by atoms with Crippen LogP contribution in [0.3, 0.4) is 0 Å². The molecule has 6 nitrogen and oxygen atoms in total. The topological polar surface area (TPSA) is 62.2 Å². The first-order valence-corrected chi connectivity index (χ1v) is 13.3. The first-order valence-electron chi connectivity index (χ1n) is 13.3. The maximum Gasteiger partial charge on any atom is 0.246 e. The van der Waals surface area contributed by atoms with E-state index in [1.54, 1.807) is 17.1 Å². The van der Waals surface area contributed by atoms with Gasteiger partial charge in [-0.3, -0.25) is 4.79 Å². The number of fused-ring (bicyclic) bond motifs is 1. The Morgan fingerprint density at radius 1 is 0.973 bits per heavy atom. The number of carbonyl (C=O) groups excluding carboxylic acids is 1. The van der Waals surface area contributed by atoms with Crippen molar-refractivity contribution in [2.45, 2.75) is 24.9 Å². The Morgan fingerprint density at radius 2 is 1.70 bits per heavy atom. The number of amides is 1. The van der Waals surface area contributed by atoms with E-state index in [0.29, 0.717) is 44.5 Å². The van der Waals surface area contributed by atoms with Crippen LogP contribution in [0.5, 0.6) is 5.75 Å². The Kier molecular flexibility index (Phi) is 8.51. The molecule has 0 saturated carbocycles. The van der Waals surface area contributed by atoms with Crippen LogP contribution in [-0.2, 0) is 9.53 Å². The Bertz CT molecular complexity index is 1210. The Morgan fingerprint density at radius 3 is 2.51 bits per heavy atom. The molecule has 37 heavy (non-hydrogen) atoms. The summed E-state index contributed by atoms with van der Waals surface area (Å²) in [5, 5.41) is 13.3. The number of ether oxygens (including phenoxy) is 2. The van der Waals surface area contributed by atoms with Crippen molar-refractivity contribution in [2.75, 3.05) is 52.5 Å². The summed E-state index contributed by atoms with van der Waals surface area (Å²) in [6.45, 7) is 5.15. The highest BCUT2D eigenvalue weighted by Crippen LogP contribution is 2.30. The number of benzene rings is 3. The minimum atomic E-state index is -0.579. The van der Waals surface area contributed by atoms with Gasteiger partial charge in [0, 0.05) is 31.3 Å². The monoisotopic (exact) mass is 500 g/mol. The lowest BCUT2D eigenvalue weighted by Crippen LogP contribution is -2.40. The second-order valence-corrected chi connectivity index (χ2v) is 9.96. The summed E-state index contributed by atoms with van der Waals surface area (Å²) >= 11 is 0. The normalized spacial score (nSPS) is 18.4. The van der Waals surface area contributed by atoms with Gasteiger partial charge in [0.2, 0.25) is 5.91 Å². The van der Waals surface area contributed by atoms with E-state index in [1.165, 1.54) is 16.3 Å². The van der Waals surface area contributed by atoms with Crippen molar-refractivity contribution in [3.05, 3.63) is 83.9 Å². The number of β-amino-alcohol motifs (C(OH)–C–C–N with tert-alkyl or cyclic N) is 1. The molecule has 1 unspecified atom stereocenters. The van der Waals surface area contributed by atoms with Crippen molar-refractivity contribution in [1.29, 1.82) is 0 Å². The lowest BCUT2D eigenvalue weighted by Gasteiger charge is -2.33. The van der Waals surface area contributed by atoms with Crippen LogP contribution in [0.15, 0.2) is 72.8 Å². The summed E-state index contributed by atoms with van der Waals surface area (Å²) in [5.41, 5.74) is 2.24. The second kappa shape index (κ2) is 12.4. The van der Waals surface area contributed by atoms with E-state index in [-0.39, 0.29) is 12.5 Å². The molecule has 6 heteroatoms. The smallest absolute Gasteiger partial charge is 0.246 e. The number of para-hydroxylation sites is 1. The van der Waals surface area contributed by atoms with Gasteiger partial charge in [0.25, 0.3) is 0 Å². The third-order valence-electron chi connectivity index (χ3n) is 7.38. The van der Waals surface area contributed by atoms with Gasteiger partial charge in [-0.2, -0.15) is 0 Å². The van der Waals surface area contributed by atoms with Crippen molar-refractivity contribution in [2.24, 2.45) is 0 Å². The Labute approximate surface area is 219 Å². The van der Waals surface area contributed by atoms with Crippen LogP contribution in [0.4, 0.5) is 0 Å². The third-order valence-corrected chi connectivity index (χ3v) is 7.38. The molecule has 0 aliphatic carbocycles. The van der Waals surface area contributed by atoms with Crippen LogP contribution in [0, 0.1) is 0 Å². The summed E-state index contributed by atoms with van der Waals surface area (Å²) in [6.07, 6.45) is 4.98. The number of aliphatic hydroxyl groups excluding tert-OH is 1. The Hall–Kier alpha value is -3.19. The zero-order chi connectivity index (χ0) is 25.5. The molecule has 3 aromatic carbocycles. The number of carbonyl (C=O) groups is 1. The molecule has 1 atom stereocenters. The van der Waals surface area contributed by atoms with Crippen molar-refractivity contribution in [3.8, 4) is 5.75 Å². The number of likely N-dealkylation sites (tertiary alicyclic amines) is 1. The highest BCUT2D eigenvalue weighted by Gasteiger charge is 2.23. The molecule has 2 fully saturated rings. The van der Waals surface area contributed by atoms with Gasteiger partial charge in [-0.05, 0) is 60.3 Å². The highest BCUT2D eigenvalue weighted by atomic mass is 16.5. The predicted octanol–water partition coefficient (Wildman–Crippen LogP) is 4.33. The van der Waals surface area contributed by atoms with Crippen LogP contribution in [0.2, 0.25) is 0 Å². The van der Waals surface area contributed by atoms with Crippen LogP contribution in [-0.4, -0.2) is 79.5 Å². The summed E-state index contributed by atoms with van der Waals surface area (Å²) in [6, 6.07) is 23.0. The molecule has 0 bridgehead atoms. The molecule has 0 aromatic heterocycles. The number of hydrogen-bond donors (Lipinski definition) is 1. The van der Waals surface area contributed by atoms with Gasteiger partial charge >= 0.3 is 0 Å². The number of nitrogens with zero attached hydrogens (tertiary/aromatic N) is 2. The quantitative estimate of drug-likeness (QED) is 0.467. The molecule has 2 heterocycles. The van der Waals surface area contributed by atoms with Crippen molar-refractivity contribution >= 4 is 22.8 Å². The van der Waals surface area contributed by atoms with Gasteiger partial charge < -0.3 is 24.4 Å². The fraction of sp³-hybridized carbons (Fsp3) is 0.387. The Balaban J connectivity index is 1.09.